The van der Waals surface area contributed by atoms with Crippen molar-refractivity contribution in [3.05, 3.63) is 77.2 Å². The number of rotatable bonds is 2. The van der Waals surface area contributed by atoms with Crippen molar-refractivity contribution in [3.8, 4) is 0 Å². The molecule has 106 valence electrons. The minimum absolute atomic E-state index is 0.0930. The summed E-state index contributed by atoms with van der Waals surface area (Å²) >= 11 is 5.86. The zero-order valence-electron chi connectivity index (χ0n) is 11.5. The number of fused-ring (bicyclic) bond motifs is 3. The molecule has 0 unspecified atom stereocenters. The molecule has 2 aromatic carbocycles. The summed E-state index contributed by atoms with van der Waals surface area (Å²) in [5.74, 6) is -0.0930. The predicted molar refractivity (Wildman–Crippen MR) is 88.5 cm³/mol. The highest BCUT2D eigenvalue weighted by molar-refractivity contribution is 6.30. The number of nitrogens with one attached hydrogen (secondary N) is 1. The number of carbonyl (C=O) groups excluding carboxylic acids is 1. The molecule has 2 aromatic heterocycles. The molecule has 0 aliphatic rings. The fourth-order valence-corrected chi connectivity index (χ4v) is 2.88. The van der Waals surface area contributed by atoms with E-state index in [9.17, 15) is 4.79 Å². The number of ketones is 1. The molecule has 0 amide bonds. The number of hydrogen-bond acceptors (Lipinski definition) is 2. The van der Waals surface area contributed by atoms with Crippen LogP contribution in [-0.4, -0.2) is 15.8 Å². The Morgan fingerprint density at radius 1 is 1.00 bits per heavy atom. The molecule has 0 spiro atoms. The topological polar surface area (TPSA) is 45.8 Å². The van der Waals surface area contributed by atoms with Gasteiger partial charge in [-0.25, -0.2) is 4.98 Å². The van der Waals surface area contributed by atoms with E-state index in [1.807, 2.05) is 30.3 Å². The number of aromatic nitrogens is 2. The fourth-order valence-electron chi connectivity index (χ4n) is 2.71. The van der Waals surface area contributed by atoms with Crippen LogP contribution in [0, 0.1) is 0 Å². The second kappa shape index (κ2) is 4.97. The summed E-state index contributed by atoms with van der Waals surface area (Å²) in [5.41, 5.74) is 2.02. The van der Waals surface area contributed by atoms with Crippen LogP contribution in [0.15, 0.2) is 60.8 Å². The number of H-pyrrole nitrogens is 1. The van der Waals surface area contributed by atoms with Crippen LogP contribution in [0.5, 0.6) is 0 Å². The number of benzene rings is 2. The maximum atomic E-state index is 12.6. The third-order valence-electron chi connectivity index (χ3n) is 3.76. The first-order valence-corrected chi connectivity index (χ1v) is 7.27. The van der Waals surface area contributed by atoms with Gasteiger partial charge in [0.2, 0.25) is 5.78 Å². The number of pyridine rings is 1. The average molecular weight is 307 g/mol. The molecule has 0 saturated heterocycles. The molecular formula is C18H11ClN2O. The Balaban J connectivity index is 1.89. The van der Waals surface area contributed by atoms with E-state index in [0.29, 0.717) is 16.4 Å². The molecule has 4 rings (SSSR count). The number of aromatic amines is 1. The van der Waals surface area contributed by atoms with E-state index in [0.717, 1.165) is 21.7 Å². The van der Waals surface area contributed by atoms with Gasteiger partial charge in [0, 0.05) is 22.7 Å². The van der Waals surface area contributed by atoms with Gasteiger partial charge in [0.05, 0.1) is 5.69 Å². The van der Waals surface area contributed by atoms with Crippen molar-refractivity contribution >= 4 is 39.1 Å². The van der Waals surface area contributed by atoms with E-state index in [1.54, 1.807) is 12.1 Å². The normalized spacial score (nSPS) is 11.1. The average Bonchev–Trinajstić information content (AvgIpc) is 2.99. The Kier molecular flexibility index (Phi) is 2.94. The lowest BCUT2D eigenvalue weighted by molar-refractivity contribution is 0.103. The highest BCUT2D eigenvalue weighted by Gasteiger charge is 2.13. The summed E-state index contributed by atoms with van der Waals surface area (Å²) in [4.78, 5) is 19.7. The predicted octanol–water partition coefficient (Wildman–Crippen LogP) is 4.60. The Morgan fingerprint density at radius 3 is 2.73 bits per heavy atom. The molecule has 0 saturated carbocycles. The molecule has 1 N–H and O–H groups in total. The van der Waals surface area contributed by atoms with Gasteiger partial charge >= 0.3 is 0 Å². The quantitative estimate of drug-likeness (QED) is 0.434. The van der Waals surface area contributed by atoms with Crippen molar-refractivity contribution in [2.45, 2.75) is 0 Å². The van der Waals surface area contributed by atoms with E-state index in [-0.39, 0.29) is 5.78 Å². The molecule has 0 aliphatic carbocycles. The maximum Gasteiger partial charge on any atom is 0.209 e. The van der Waals surface area contributed by atoms with Crippen molar-refractivity contribution in [1.29, 1.82) is 0 Å². The van der Waals surface area contributed by atoms with Gasteiger partial charge in [0.15, 0.2) is 0 Å². The monoisotopic (exact) mass is 306 g/mol. The van der Waals surface area contributed by atoms with Crippen LogP contribution in [0.2, 0.25) is 5.15 Å². The second-order valence-electron chi connectivity index (χ2n) is 5.13. The molecule has 0 radical (unpaired) electrons. The Morgan fingerprint density at radius 2 is 1.86 bits per heavy atom. The summed E-state index contributed by atoms with van der Waals surface area (Å²) < 4.78 is 0. The van der Waals surface area contributed by atoms with Crippen LogP contribution in [0.1, 0.15) is 16.1 Å². The van der Waals surface area contributed by atoms with Crippen molar-refractivity contribution in [1.82, 2.24) is 9.97 Å². The molecule has 0 aliphatic heterocycles. The molecule has 22 heavy (non-hydrogen) atoms. The lowest BCUT2D eigenvalue weighted by Crippen LogP contribution is -2.01. The lowest BCUT2D eigenvalue weighted by Gasteiger charge is -1.98. The summed E-state index contributed by atoms with van der Waals surface area (Å²) in [5, 5.41) is 3.64. The zero-order valence-corrected chi connectivity index (χ0v) is 12.3. The number of carbonyl (C=O) groups is 1. The summed E-state index contributed by atoms with van der Waals surface area (Å²) in [6.07, 6.45) is 1.54. The number of halogens is 1. The van der Waals surface area contributed by atoms with Gasteiger partial charge in [-0.05, 0) is 35.0 Å². The van der Waals surface area contributed by atoms with Crippen LogP contribution in [0.4, 0.5) is 0 Å². The molecule has 4 aromatic rings. The highest BCUT2D eigenvalue weighted by atomic mass is 35.5. The molecule has 2 heterocycles. The van der Waals surface area contributed by atoms with E-state index in [1.165, 1.54) is 6.20 Å². The SMILES string of the molecule is O=C(c1ccnc(Cl)c1)c1cc2c(ccc3ccccc32)[nH]1. The van der Waals surface area contributed by atoms with E-state index in [4.69, 9.17) is 11.6 Å². The Bertz CT molecular complexity index is 1020. The van der Waals surface area contributed by atoms with Gasteiger partial charge in [-0.1, -0.05) is 41.9 Å². The van der Waals surface area contributed by atoms with Crippen LogP contribution in [-0.2, 0) is 0 Å². The summed E-state index contributed by atoms with van der Waals surface area (Å²) in [6.45, 7) is 0. The fraction of sp³-hybridized carbons (Fsp3) is 0. The smallest absolute Gasteiger partial charge is 0.209 e. The van der Waals surface area contributed by atoms with Crippen LogP contribution < -0.4 is 0 Å². The third kappa shape index (κ3) is 2.07. The molecule has 0 atom stereocenters. The first-order chi connectivity index (χ1) is 10.7. The summed E-state index contributed by atoms with van der Waals surface area (Å²) in [7, 11) is 0. The van der Waals surface area contributed by atoms with Crippen LogP contribution >= 0.6 is 11.6 Å². The molecule has 0 fully saturated rings. The highest BCUT2D eigenvalue weighted by Crippen LogP contribution is 2.26. The standard InChI is InChI=1S/C18H11ClN2O/c19-17-9-12(7-8-20-17)18(22)16-10-14-13-4-2-1-3-11(13)5-6-15(14)21-16/h1-10,21H. The van der Waals surface area contributed by atoms with Gasteiger partial charge in [-0.3, -0.25) is 4.79 Å². The molecule has 3 nitrogen and oxygen atoms in total. The summed E-state index contributed by atoms with van der Waals surface area (Å²) in [6, 6.07) is 17.3. The van der Waals surface area contributed by atoms with Gasteiger partial charge < -0.3 is 4.98 Å². The van der Waals surface area contributed by atoms with Gasteiger partial charge in [-0.15, -0.1) is 0 Å². The zero-order chi connectivity index (χ0) is 15.1. The number of nitrogens with zero attached hydrogens (tertiary/aromatic N) is 1. The van der Waals surface area contributed by atoms with E-state index < -0.39 is 0 Å². The van der Waals surface area contributed by atoms with Crippen molar-refractivity contribution in [2.24, 2.45) is 0 Å². The maximum absolute atomic E-state index is 12.6. The van der Waals surface area contributed by atoms with E-state index >= 15 is 0 Å². The number of hydrogen-bond donors (Lipinski definition) is 1. The first kappa shape index (κ1) is 13.0. The van der Waals surface area contributed by atoms with Crippen molar-refractivity contribution < 1.29 is 4.79 Å². The molecule has 0 bridgehead atoms. The lowest BCUT2D eigenvalue weighted by atomic mass is 10.1. The van der Waals surface area contributed by atoms with Gasteiger partial charge in [0.25, 0.3) is 0 Å². The largest absolute Gasteiger partial charge is 0.352 e. The van der Waals surface area contributed by atoms with Gasteiger partial charge in [-0.2, -0.15) is 0 Å². The Hall–Kier alpha value is -2.65. The van der Waals surface area contributed by atoms with Crippen molar-refractivity contribution in [2.75, 3.05) is 0 Å². The first-order valence-electron chi connectivity index (χ1n) is 6.89. The third-order valence-corrected chi connectivity index (χ3v) is 3.97. The minimum Gasteiger partial charge on any atom is -0.352 e. The molecule has 4 heteroatoms. The van der Waals surface area contributed by atoms with Crippen LogP contribution in [0.3, 0.4) is 0 Å². The minimum atomic E-state index is -0.0930. The molecular weight excluding hydrogens is 296 g/mol. The second-order valence-corrected chi connectivity index (χ2v) is 5.51. The van der Waals surface area contributed by atoms with Crippen LogP contribution in [0.25, 0.3) is 21.7 Å². The van der Waals surface area contributed by atoms with Crippen molar-refractivity contribution in [3.63, 3.8) is 0 Å². The van der Waals surface area contributed by atoms with Gasteiger partial charge in [0.1, 0.15) is 5.15 Å². The van der Waals surface area contributed by atoms with E-state index in [2.05, 4.69) is 22.1 Å². The Labute approximate surface area is 131 Å².